The fraction of sp³-hybridized carbons (Fsp3) is 0.632. The molecule has 1 aromatic rings. The van der Waals surface area contributed by atoms with Crippen LogP contribution in [0.15, 0.2) is 22.4 Å². The molecule has 4 rings (SSSR count). The number of imide groups is 1. The van der Waals surface area contributed by atoms with Crippen LogP contribution in [0.3, 0.4) is 0 Å². The minimum Gasteiger partial charge on any atom is -0.340 e. The van der Waals surface area contributed by atoms with Crippen molar-refractivity contribution in [1.82, 2.24) is 34.9 Å². The number of amides is 3. The van der Waals surface area contributed by atoms with Crippen LogP contribution in [0.25, 0.3) is 0 Å². The third-order valence-electron chi connectivity index (χ3n) is 5.67. The lowest BCUT2D eigenvalue weighted by molar-refractivity contribution is -0.127. The van der Waals surface area contributed by atoms with Gasteiger partial charge < -0.3 is 19.6 Å². The van der Waals surface area contributed by atoms with Crippen LogP contribution >= 0.6 is 11.8 Å². The van der Waals surface area contributed by atoms with Gasteiger partial charge in [0.2, 0.25) is 0 Å². The monoisotopic (exact) mass is 432 g/mol. The second kappa shape index (κ2) is 8.76. The Bertz CT molecular complexity index is 842. The smallest absolute Gasteiger partial charge is 0.325 e. The fourth-order valence-electron chi connectivity index (χ4n) is 3.91. The number of aryl methyl sites for hydroxylation is 1. The fourth-order valence-corrected chi connectivity index (χ4v) is 4.71. The molecule has 0 aromatic carbocycles. The molecule has 0 saturated carbocycles. The van der Waals surface area contributed by atoms with E-state index in [0.717, 1.165) is 55.2 Å². The summed E-state index contributed by atoms with van der Waals surface area (Å²) in [6, 6.07) is 1.01. The second-order valence-corrected chi connectivity index (χ2v) is 8.92. The molecule has 10 nitrogen and oxygen atoms in total. The Morgan fingerprint density at radius 1 is 1.20 bits per heavy atom. The van der Waals surface area contributed by atoms with Gasteiger partial charge in [-0.25, -0.2) is 19.8 Å². The van der Waals surface area contributed by atoms with Crippen molar-refractivity contribution in [1.29, 1.82) is 0 Å². The van der Waals surface area contributed by atoms with Gasteiger partial charge in [-0.1, -0.05) is 11.8 Å². The standard InChI is InChI=1S/C19H28N8O2S/c1-13-5-6-20-17(21-13)30-12-4-7-27-14-15(25(3)19(29)23-16(14)28)22-18(27)26-10-8-24(2)9-11-26/h5-6,14-15H,4,7-12H2,1-3H3,(H,23,28,29). The molecule has 3 aliphatic heterocycles. The zero-order valence-corrected chi connectivity index (χ0v) is 18.4. The number of rotatable bonds is 5. The molecule has 0 radical (unpaired) electrons. The molecule has 0 aliphatic carbocycles. The zero-order valence-electron chi connectivity index (χ0n) is 17.6. The molecule has 3 amide bonds. The number of guanidine groups is 1. The number of nitrogens with zero attached hydrogens (tertiary/aromatic N) is 7. The third kappa shape index (κ3) is 4.22. The number of fused-ring (bicyclic) bond motifs is 1. The van der Waals surface area contributed by atoms with Crippen LogP contribution in [-0.2, 0) is 4.79 Å². The third-order valence-corrected chi connectivity index (χ3v) is 6.62. The maximum Gasteiger partial charge on any atom is 0.325 e. The van der Waals surface area contributed by atoms with Crippen molar-refractivity contribution >= 4 is 29.7 Å². The van der Waals surface area contributed by atoms with Gasteiger partial charge in [0.05, 0.1) is 0 Å². The molecule has 2 atom stereocenters. The van der Waals surface area contributed by atoms with Crippen molar-refractivity contribution in [3.8, 4) is 0 Å². The highest BCUT2D eigenvalue weighted by atomic mass is 32.2. The number of piperazine rings is 1. The Kier molecular flexibility index (Phi) is 6.09. The van der Waals surface area contributed by atoms with E-state index in [1.165, 1.54) is 4.90 Å². The minimum atomic E-state index is -0.484. The summed E-state index contributed by atoms with van der Waals surface area (Å²) in [5.74, 6) is 1.39. The highest BCUT2D eigenvalue weighted by Gasteiger charge is 2.49. The normalized spacial score (nSPS) is 24.8. The molecule has 11 heteroatoms. The second-order valence-electron chi connectivity index (χ2n) is 7.86. The summed E-state index contributed by atoms with van der Waals surface area (Å²) < 4.78 is 0. The van der Waals surface area contributed by atoms with Gasteiger partial charge in [0.15, 0.2) is 23.3 Å². The molecular weight excluding hydrogens is 404 g/mol. The van der Waals surface area contributed by atoms with Gasteiger partial charge in [-0.05, 0) is 26.5 Å². The van der Waals surface area contributed by atoms with E-state index in [-0.39, 0.29) is 5.91 Å². The highest BCUT2D eigenvalue weighted by molar-refractivity contribution is 7.99. The van der Waals surface area contributed by atoms with Gasteiger partial charge in [-0.3, -0.25) is 10.1 Å². The van der Waals surface area contributed by atoms with Crippen molar-refractivity contribution in [2.45, 2.75) is 30.7 Å². The summed E-state index contributed by atoms with van der Waals surface area (Å²) in [6.07, 6.45) is 2.14. The predicted octanol–water partition coefficient (Wildman–Crippen LogP) is 0.0625. The Hall–Kier alpha value is -2.40. The van der Waals surface area contributed by atoms with Gasteiger partial charge in [0.25, 0.3) is 5.91 Å². The van der Waals surface area contributed by atoms with E-state index in [9.17, 15) is 9.59 Å². The number of nitrogens with one attached hydrogen (secondary N) is 1. The lowest BCUT2D eigenvalue weighted by atomic mass is 10.1. The molecular formula is C19H28N8O2S. The first kappa shape index (κ1) is 20.9. The molecule has 4 heterocycles. The van der Waals surface area contributed by atoms with E-state index in [4.69, 9.17) is 4.99 Å². The van der Waals surface area contributed by atoms with Crippen LogP contribution in [0, 0.1) is 6.92 Å². The van der Waals surface area contributed by atoms with Crippen LogP contribution in [0.4, 0.5) is 4.79 Å². The molecule has 1 aromatic heterocycles. The quantitative estimate of drug-likeness (QED) is 0.396. The number of carbonyl (C=O) groups excluding carboxylic acids is 2. The van der Waals surface area contributed by atoms with Crippen molar-refractivity contribution in [2.24, 2.45) is 4.99 Å². The van der Waals surface area contributed by atoms with Gasteiger partial charge in [0, 0.05) is 57.4 Å². The number of likely N-dealkylation sites (N-methyl/N-ethyl adjacent to an activating group) is 2. The molecule has 2 saturated heterocycles. The van der Waals surface area contributed by atoms with Crippen molar-refractivity contribution in [3.63, 3.8) is 0 Å². The maximum absolute atomic E-state index is 12.7. The van der Waals surface area contributed by atoms with Crippen molar-refractivity contribution in [2.75, 3.05) is 52.6 Å². The van der Waals surface area contributed by atoms with Crippen molar-refractivity contribution in [3.05, 3.63) is 18.0 Å². The first-order valence-electron chi connectivity index (χ1n) is 10.2. The van der Waals surface area contributed by atoms with E-state index in [1.54, 1.807) is 25.0 Å². The number of urea groups is 1. The van der Waals surface area contributed by atoms with Crippen LogP contribution < -0.4 is 5.32 Å². The summed E-state index contributed by atoms with van der Waals surface area (Å²) in [5, 5.41) is 3.23. The summed E-state index contributed by atoms with van der Waals surface area (Å²) in [6.45, 7) is 6.25. The van der Waals surface area contributed by atoms with Crippen LogP contribution in [0.1, 0.15) is 12.1 Å². The van der Waals surface area contributed by atoms with Crippen molar-refractivity contribution < 1.29 is 9.59 Å². The highest BCUT2D eigenvalue weighted by Crippen LogP contribution is 2.26. The SMILES string of the molecule is Cc1ccnc(SCCCN2C(N3CCN(C)CC3)=NC3C2C(=O)NC(=O)N3C)n1. The predicted molar refractivity (Wildman–Crippen MR) is 114 cm³/mol. The molecule has 2 fully saturated rings. The average Bonchev–Trinajstić information content (AvgIpc) is 3.10. The number of thioether (sulfide) groups is 1. The number of hydrogen-bond donors (Lipinski definition) is 1. The lowest BCUT2D eigenvalue weighted by Crippen LogP contribution is -2.64. The molecule has 0 spiro atoms. The average molecular weight is 433 g/mol. The minimum absolute atomic E-state index is 0.273. The van der Waals surface area contributed by atoms with E-state index in [0.29, 0.717) is 6.54 Å². The number of aliphatic imine (C=N–C) groups is 1. The van der Waals surface area contributed by atoms with Crippen LogP contribution in [-0.4, -0.2) is 112 Å². The molecule has 0 bridgehead atoms. The van der Waals surface area contributed by atoms with E-state index >= 15 is 0 Å². The Morgan fingerprint density at radius 3 is 2.70 bits per heavy atom. The summed E-state index contributed by atoms with van der Waals surface area (Å²) in [7, 11) is 3.80. The topological polar surface area (TPSA) is 97.3 Å². The Morgan fingerprint density at radius 2 is 1.97 bits per heavy atom. The van der Waals surface area contributed by atoms with E-state index < -0.39 is 18.2 Å². The summed E-state index contributed by atoms with van der Waals surface area (Å²) in [4.78, 5) is 46.5. The molecule has 30 heavy (non-hydrogen) atoms. The van der Waals surface area contributed by atoms with E-state index in [1.807, 2.05) is 13.0 Å². The Labute approximate surface area is 180 Å². The van der Waals surface area contributed by atoms with Gasteiger partial charge in [0.1, 0.15) is 0 Å². The van der Waals surface area contributed by atoms with E-state index in [2.05, 4.69) is 37.0 Å². The summed E-state index contributed by atoms with van der Waals surface area (Å²) in [5.41, 5.74) is 0.950. The molecule has 162 valence electrons. The largest absolute Gasteiger partial charge is 0.340 e. The zero-order chi connectivity index (χ0) is 21.3. The van der Waals surface area contributed by atoms with Gasteiger partial charge in [-0.2, -0.15) is 0 Å². The lowest BCUT2D eigenvalue weighted by Gasteiger charge is -2.39. The summed E-state index contributed by atoms with van der Waals surface area (Å²) >= 11 is 1.61. The molecule has 1 N–H and O–H groups in total. The van der Waals surface area contributed by atoms with Gasteiger partial charge >= 0.3 is 6.03 Å². The van der Waals surface area contributed by atoms with Crippen LogP contribution in [0.2, 0.25) is 0 Å². The maximum atomic E-state index is 12.7. The van der Waals surface area contributed by atoms with Gasteiger partial charge in [-0.15, -0.1) is 0 Å². The molecule has 2 unspecified atom stereocenters. The first-order valence-corrected chi connectivity index (χ1v) is 11.2. The Balaban J connectivity index is 1.45. The van der Waals surface area contributed by atoms with Crippen LogP contribution in [0.5, 0.6) is 0 Å². The number of hydrogen-bond acceptors (Lipinski definition) is 9. The first-order chi connectivity index (χ1) is 14.4. The molecule has 3 aliphatic rings. The number of carbonyl (C=O) groups is 2. The number of aromatic nitrogens is 2.